The van der Waals surface area contributed by atoms with E-state index in [1.807, 2.05) is 11.4 Å². The second-order valence-electron chi connectivity index (χ2n) is 3.34. The molecular formula is C10H10ClNOS. The van der Waals surface area contributed by atoms with Crippen molar-refractivity contribution in [1.82, 2.24) is 0 Å². The van der Waals surface area contributed by atoms with E-state index in [1.54, 1.807) is 0 Å². The highest BCUT2D eigenvalue weighted by molar-refractivity contribution is 7.14. The summed E-state index contributed by atoms with van der Waals surface area (Å²) >= 11 is 7.54. The van der Waals surface area contributed by atoms with E-state index in [0.717, 1.165) is 22.7 Å². The number of rotatable bonds is 2. The maximum Gasteiger partial charge on any atom is 0.0986 e. The Morgan fingerprint density at radius 3 is 3.14 bits per heavy atom. The first-order chi connectivity index (χ1) is 6.81. The van der Waals surface area contributed by atoms with Gasteiger partial charge in [-0.1, -0.05) is 11.6 Å². The molecule has 1 aliphatic rings. The third-order valence-corrected chi connectivity index (χ3v) is 3.62. The monoisotopic (exact) mass is 227 g/mol. The summed E-state index contributed by atoms with van der Waals surface area (Å²) in [5.74, 6) is 0. The first-order valence-corrected chi connectivity index (χ1v) is 5.82. The van der Waals surface area contributed by atoms with Crippen molar-refractivity contribution in [3.8, 4) is 6.07 Å². The predicted molar refractivity (Wildman–Crippen MR) is 56.4 cm³/mol. The molecule has 4 heteroatoms. The van der Waals surface area contributed by atoms with Gasteiger partial charge in [0.05, 0.1) is 29.0 Å². The molecule has 0 bridgehead atoms. The van der Waals surface area contributed by atoms with Gasteiger partial charge < -0.3 is 4.74 Å². The van der Waals surface area contributed by atoms with Gasteiger partial charge in [0.25, 0.3) is 0 Å². The third-order valence-electron chi connectivity index (χ3n) is 2.42. The van der Waals surface area contributed by atoms with Crippen molar-refractivity contribution < 1.29 is 4.74 Å². The summed E-state index contributed by atoms with van der Waals surface area (Å²) in [6.07, 6.45) is 2.62. The molecular weight excluding hydrogens is 218 g/mol. The van der Waals surface area contributed by atoms with E-state index < -0.39 is 0 Å². The summed E-state index contributed by atoms with van der Waals surface area (Å²) < 4.78 is 6.54. The normalized spacial score (nSPS) is 26.3. The zero-order chi connectivity index (χ0) is 9.97. The van der Waals surface area contributed by atoms with Crippen molar-refractivity contribution in [2.75, 3.05) is 0 Å². The minimum atomic E-state index is 0.0981. The van der Waals surface area contributed by atoms with E-state index >= 15 is 0 Å². The van der Waals surface area contributed by atoms with E-state index in [-0.39, 0.29) is 12.2 Å². The van der Waals surface area contributed by atoms with Crippen LogP contribution >= 0.6 is 22.9 Å². The highest BCUT2D eigenvalue weighted by Gasteiger charge is 2.27. The van der Waals surface area contributed by atoms with Crippen LogP contribution in [0.1, 0.15) is 30.9 Å². The molecule has 2 rings (SSSR count). The fourth-order valence-corrected chi connectivity index (χ4v) is 2.73. The number of thiophene rings is 1. The van der Waals surface area contributed by atoms with Gasteiger partial charge >= 0.3 is 0 Å². The van der Waals surface area contributed by atoms with Crippen LogP contribution in [0.15, 0.2) is 11.4 Å². The van der Waals surface area contributed by atoms with E-state index in [4.69, 9.17) is 21.6 Å². The van der Waals surface area contributed by atoms with Gasteiger partial charge in [-0.05, 0) is 24.3 Å². The van der Waals surface area contributed by atoms with Crippen molar-refractivity contribution in [2.24, 2.45) is 0 Å². The number of halogens is 1. The molecule has 2 unspecified atom stereocenters. The molecule has 1 aromatic rings. The molecule has 1 aliphatic heterocycles. The van der Waals surface area contributed by atoms with Crippen molar-refractivity contribution >= 4 is 22.9 Å². The topological polar surface area (TPSA) is 33.0 Å². The minimum absolute atomic E-state index is 0.0981. The SMILES string of the molecule is N#CCC1CCC(c2ccsc2Cl)O1. The molecule has 74 valence electrons. The highest BCUT2D eigenvalue weighted by Crippen LogP contribution is 2.39. The molecule has 2 heterocycles. The Hall–Kier alpha value is -0.560. The molecule has 0 radical (unpaired) electrons. The number of ether oxygens (including phenoxy) is 1. The lowest BCUT2D eigenvalue weighted by Gasteiger charge is -2.10. The van der Waals surface area contributed by atoms with Crippen LogP contribution in [-0.4, -0.2) is 6.10 Å². The summed E-state index contributed by atoms with van der Waals surface area (Å²) in [5, 5.41) is 10.5. The largest absolute Gasteiger partial charge is 0.369 e. The molecule has 2 nitrogen and oxygen atoms in total. The van der Waals surface area contributed by atoms with Gasteiger partial charge in [-0.25, -0.2) is 0 Å². The molecule has 1 fully saturated rings. The molecule has 0 aliphatic carbocycles. The smallest absolute Gasteiger partial charge is 0.0986 e. The fraction of sp³-hybridized carbons (Fsp3) is 0.500. The van der Waals surface area contributed by atoms with Crippen LogP contribution in [-0.2, 0) is 4.74 Å². The average molecular weight is 228 g/mol. The molecule has 0 N–H and O–H groups in total. The summed E-state index contributed by atoms with van der Waals surface area (Å²) in [7, 11) is 0. The van der Waals surface area contributed by atoms with Crippen molar-refractivity contribution in [2.45, 2.75) is 31.5 Å². The van der Waals surface area contributed by atoms with Gasteiger partial charge in [0.15, 0.2) is 0 Å². The van der Waals surface area contributed by atoms with Crippen LogP contribution in [0.2, 0.25) is 4.34 Å². The van der Waals surface area contributed by atoms with Crippen LogP contribution in [0.5, 0.6) is 0 Å². The third kappa shape index (κ3) is 1.93. The number of hydrogen-bond acceptors (Lipinski definition) is 3. The number of nitriles is 1. The lowest BCUT2D eigenvalue weighted by molar-refractivity contribution is 0.0478. The van der Waals surface area contributed by atoms with Gasteiger partial charge in [-0.3, -0.25) is 0 Å². The Morgan fingerprint density at radius 2 is 2.50 bits per heavy atom. The van der Waals surface area contributed by atoms with Gasteiger partial charge in [0.1, 0.15) is 0 Å². The summed E-state index contributed by atoms with van der Waals surface area (Å²) in [6, 6.07) is 4.14. The molecule has 14 heavy (non-hydrogen) atoms. The van der Waals surface area contributed by atoms with Crippen LogP contribution in [0.4, 0.5) is 0 Å². The maximum atomic E-state index is 8.54. The summed E-state index contributed by atoms with van der Waals surface area (Å²) in [6.45, 7) is 0. The van der Waals surface area contributed by atoms with Crippen molar-refractivity contribution in [3.63, 3.8) is 0 Å². The zero-order valence-corrected chi connectivity index (χ0v) is 9.14. The van der Waals surface area contributed by atoms with Crippen LogP contribution < -0.4 is 0 Å². The summed E-state index contributed by atoms with van der Waals surface area (Å²) in [4.78, 5) is 0. The van der Waals surface area contributed by atoms with E-state index in [2.05, 4.69) is 6.07 Å². The second-order valence-corrected chi connectivity index (χ2v) is 4.85. The molecule has 1 aromatic heterocycles. The average Bonchev–Trinajstić information content (AvgIpc) is 2.74. The number of hydrogen-bond donors (Lipinski definition) is 0. The maximum absolute atomic E-state index is 8.54. The first-order valence-electron chi connectivity index (χ1n) is 4.56. The molecule has 0 amide bonds. The minimum Gasteiger partial charge on any atom is -0.369 e. The molecule has 1 saturated heterocycles. The van der Waals surface area contributed by atoms with Crippen LogP contribution in [0.25, 0.3) is 0 Å². The Balaban J connectivity index is 2.03. The van der Waals surface area contributed by atoms with Crippen molar-refractivity contribution in [1.29, 1.82) is 5.26 Å². The molecule has 0 aromatic carbocycles. The Kier molecular flexibility index (Phi) is 3.07. The highest BCUT2D eigenvalue weighted by atomic mass is 35.5. The summed E-state index contributed by atoms with van der Waals surface area (Å²) in [5.41, 5.74) is 1.08. The van der Waals surface area contributed by atoms with Crippen LogP contribution in [0.3, 0.4) is 0 Å². The van der Waals surface area contributed by atoms with E-state index in [1.165, 1.54) is 11.3 Å². The molecule has 2 atom stereocenters. The first kappa shape index (κ1) is 9.97. The predicted octanol–water partition coefficient (Wildman–Crippen LogP) is 3.54. The Bertz CT molecular complexity index is 357. The van der Waals surface area contributed by atoms with Gasteiger partial charge in [0, 0.05) is 5.56 Å². The fourth-order valence-electron chi connectivity index (χ4n) is 1.72. The zero-order valence-electron chi connectivity index (χ0n) is 7.57. The van der Waals surface area contributed by atoms with Gasteiger partial charge in [-0.15, -0.1) is 11.3 Å². The molecule has 0 saturated carbocycles. The van der Waals surface area contributed by atoms with E-state index in [0.29, 0.717) is 6.42 Å². The second kappa shape index (κ2) is 4.31. The lowest BCUT2D eigenvalue weighted by Crippen LogP contribution is -2.04. The lowest BCUT2D eigenvalue weighted by atomic mass is 10.1. The Labute approximate surface area is 92.1 Å². The number of nitrogens with zero attached hydrogens (tertiary/aromatic N) is 1. The van der Waals surface area contributed by atoms with Crippen LogP contribution in [0, 0.1) is 11.3 Å². The van der Waals surface area contributed by atoms with Gasteiger partial charge in [0.2, 0.25) is 0 Å². The van der Waals surface area contributed by atoms with Gasteiger partial charge in [-0.2, -0.15) is 5.26 Å². The van der Waals surface area contributed by atoms with E-state index in [9.17, 15) is 0 Å². The Morgan fingerprint density at radius 1 is 1.64 bits per heavy atom. The molecule has 0 spiro atoms. The quantitative estimate of drug-likeness (QED) is 0.774. The standard InChI is InChI=1S/C10H10ClNOS/c11-10-8(4-6-14-10)9-2-1-7(13-9)3-5-12/h4,6-7,9H,1-3H2. The van der Waals surface area contributed by atoms with Crippen molar-refractivity contribution in [3.05, 3.63) is 21.3 Å².